The molecule has 262 valence electrons. The number of amides is 1. The molecule has 0 radical (unpaired) electrons. The molecule has 2 aliphatic heterocycles. The van der Waals surface area contributed by atoms with Crippen LogP contribution in [-0.2, 0) is 28.5 Å². The van der Waals surface area contributed by atoms with Gasteiger partial charge in [-0.15, -0.1) is 0 Å². The molecule has 11 unspecified atom stereocenters. The Morgan fingerprint density at radius 1 is 1.02 bits per heavy atom. The van der Waals surface area contributed by atoms with Gasteiger partial charge in [-0.3, -0.25) is 14.5 Å². The third kappa shape index (κ3) is 4.94. The molecule has 5 aliphatic carbocycles. The summed E-state index contributed by atoms with van der Waals surface area (Å²) in [5, 5.41) is 10.9. The second-order valence-electron chi connectivity index (χ2n) is 18.0. The summed E-state index contributed by atoms with van der Waals surface area (Å²) in [5.74, 6) is 1.92. The zero-order valence-electron chi connectivity index (χ0n) is 29.4. The van der Waals surface area contributed by atoms with Gasteiger partial charge in [-0.05, 0) is 130 Å². The van der Waals surface area contributed by atoms with E-state index in [1.807, 2.05) is 6.92 Å². The number of esters is 1. The molecule has 2 spiro atoms. The quantitative estimate of drug-likeness (QED) is 0.369. The van der Waals surface area contributed by atoms with Crippen molar-refractivity contribution in [2.75, 3.05) is 19.7 Å². The Morgan fingerprint density at radius 2 is 1.76 bits per heavy atom. The number of morpholine rings is 1. The standard InChI is InChI=1S/C37H60N2O7.H2/c1-21(32(38)41)39-16-17-43-30(19-39)46-29-12-13-37-20-36(37)15-14-35(7)24-8-10-26(31(34(5,6)42)44-22(2)40)45-27(24)18-25(35)23(36)9-11-28(37)33(29,3)4;/h21,23-31,42H,8-20H2,1-7H3,(H2,38,41);1H/t21?,23?,24?,25?,26?,27?,28?,29-,30?,31-,35?,36?,37?;/m0./s1. The van der Waals surface area contributed by atoms with Gasteiger partial charge in [0.2, 0.25) is 5.91 Å². The van der Waals surface area contributed by atoms with E-state index in [2.05, 4.69) is 25.7 Å². The van der Waals surface area contributed by atoms with Gasteiger partial charge in [-0.25, -0.2) is 0 Å². The molecule has 3 N–H and O–H groups in total. The third-order valence-corrected chi connectivity index (χ3v) is 15.2. The maximum atomic E-state index is 11.9. The van der Waals surface area contributed by atoms with Crippen molar-refractivity contribution in [3.8, 4) is 0 Å². The van der Waals surface area contributed by atoms with Crippen LogP contribution in [0.4, 0.5) is 0 Å². The zero-order valence-corrected chi connectivity index (χ0v) is 29.4. The lowest BCUT2D eigenvalue weighted by Crippen LogP contribution is -2.57. The molecule has 0 aromatic carbocycles. The molecule has 7 aliphatic rings. The van der Waals surface area contributed by atoms with Gasteiger partial charge in [0.1, 0.15) is 0 Å². The van der Waals surface area contributed by atoms with E-state index in [1.54, 1.807) is 13.8 Å². The van der Waals surface area contributed by atoms with E-state index in [-0.39, 0.29) is 54.8 Å². The summed E-state index contributed by atoms with van der Waals surface area (Å²) >= 11 is 0. The fourth-order valence-electron chi connectivity index (χ4n) is 13.0. The smallest absolute Gasteiger partial charge is 0.303 e. The van der Waals surface area contributed by atoms with Crippen LogP contribution in [0.2, 0.25) is 0 Å². The molecule has 0 aromatic heterocycles. The lowest BCUT2D eigenvalue weighted by atomic mass is 9.46. The Bertz CT molecular complexity index is 1230. The van der Waals surface area contributed by atoms with Crippen LogP contribution in [0.15, 0.2) is 0 Å². The molecule has 2 saturated heterocycles. The number of ether oxygens (including phenoxy) is 4. The van der Waals surface area contributed by atoms with E-state index in [0.29, 0.717) is 48.3 Å². The first-order chi connectivity index (χ1) is 21.5. The minimum atomic E-state index is -1.15. The van der Waals surface area contributed by atoms with Gasteiger partial charge in [-0.1, -0.05) is 20.8 Å². The number of rotatable bonds is 7. The fraction of sp³-hybridized carbons (Fsp3) is 0.946. The molecule has 9 heteroatoms. The second kappa shape index (κ2) is 11.1. The number of aliphatic hydroxyl groups is 1. The van der Waals surface area contributed by atoms with Crippen molar-refractivity contribution in [1.82, 2.24) is 4.90 Å². The maximum absolute atomic E-state index is 11.9. The Morgan fingerprint density at radius 3 is 2.46 bits per heavy atom. The summed E-state index contributed by atoms with van der Waals surface area (Å²) in [6.07, 6.45) is 10.9. The zero-order chi connectivity index (χ0) is 33.0. The molecule has 7 fully saturated rings. The molecule has 7 rings (SSSR count). The molecule has 13 atom stereocenters. The third-order valence-electron chi connectivity index (χ3n) is 15.2. The van der Waals surface area contributed by atoms with Crippen molar-refractivity contribution < 1.29 is 35.1 Å². The Hall–Kier alpha value is -1.26. The van der Waals surface area contributed by atoms with Gasteiger partial charge >= 0.3 is 5.97 Å². The van der Waals surface area contributed by atoms with Crippen molar-refractivity contribution in [3.63, 3.8) is 0 Å². The van der Waals surface area contributed by atoms with Crippen molar-refractivity contribution in [3.05, 3.63) is 0 Å². The average molecular weight is 647 g/mol. The van der Waals surface area contributed by atoms with E-state index in [1.165, 1.54) is 45.4 Å². The summed E-state index contributed by atoms with van der Waals surface area (Å²) in [4.78, 5) is 25.9. The van der Waals surface area contributed by atoms with Crippen molar-refractivity contribution >= 4 is 11.9 Å². The van der Waals surface area contributed by atoms with Crippen molar-refractivity contribution in [1.29, 1.82) is 0 Å². The predicted molar refractivity (Wildman–Crippen MR) is 174 cm³/mol. The van der Waals surface area contributed by atoms with Gasteiger partial charge in [0.05, 0.1) is 43.1 Å². The molecule has 9 nitrogen and oxygen atoms in total. The van der Waals surface area contributed by atoms with Gasteiger partial charge < -0.3 is 29.8 Å². The van der Waals surface area contributed by atoms with E-state index in [0.717, 1.165) is 31.6 Å². The van der Waals surface area contributed by atoms with E-state index >= 15 is 0 Å². The highest BCUT2D eigenvalue weighted by atomic mass is 16.7. The number of primary amides is 1. The van der Waals surface area contributed by atoms with Crippen LogP contribution < -0.4 is 5.73 Å². The van der Waals surface area contributed by atoms with E-state index < -0.39 is 11.7 Å². The SMILES string of the molecule is CC(=O)O[C@@H](C1CCC2C(CC3C4CCC5C(C)(C)[C@@H](OC6CN(C(C)C(N)=O)CCO6)CCC56CC46CCC23C)O1)C(C)(C)O.[HH]. The number of carbonyl (C=O) groups excluding carboxylic acids is 2. The highest BCUT2D eigenvalue weighted by Gasteiger charge is 2.80. The Balaban J connectivity index is 0.00000386. The topological polar surface area (TPSA) is 121 Å². The first-order valence-electron chi connectivity index (χ1n) is 18.4. The lowest BCUT2D eigenvalue weighted by Gasteiger charge is -2.60. The summed E-state index contributed by atoms with van der Waals surface area (Å²) in [5.41, 5.74) is 5.66. The Kier molecular flexibility index (Phi) is 8.04. The molecular weight excluding hydrogens is 584 g/mol. The van der Waals surface area contributed by atoms with Gasteiger partial charge in [0, 0.05) is 14.9 Å². The average Bonchev–Trinajstić information content (AvgIpc) is 3.56. The predicted octanol–water partition coefficient (Wildman–Crippen LogP) is 5.06. The minimum Gasteiger partial charge on any atom is -0.457 e. The second-order valence-corrected chi connectivity index (χ2v) is 18.0. The van der Waals surface area contributed by atoms with Crippen LogP contribution in [0.25, 0.3) is 0 Å². The largest absolute Gasteiger partial charge is 0.457 e. The van der Waals surface area contributed by atoms with Crippen LogP contribution in [0, 0.1) is 45.3 Å². The molecular formula is C37H62N2O7. The maximum Gasteiger partial charge on any atom is 0.303 e. The van der Waals surface area contributed by atoms with Gasteiger partial charge in [0.15, 0.2) is 12.4 Å². The number of carbonyl (C=O) groups is 2. The molecule has 2 heterocycles. The monoisotopic (exact) mass is 646 g/mol. The van der Waals surface area contributed by atoms with E-state index in [4.69, 9.17) is 24.7 Å². The highest BCUT2D eigenvalue weighted by molar-refractivity contribution is 5.79. The molecule has 1 amide bonds. The van der Waals surface area contributed by atoms with Crippen LogP contribution in [0.1, 0.15) is 114 Å². The number of hydrogen-bond donors (Lipinski definition) is 2. The number of hydrogen-bond acceptors (Lipinski definition) is 8. The summed E-state index contributed by atoms with van der Waals surface area (Å²) in [6, 6.07) is -0.316. The fourth-order valence-corrected chi connectivity index (χ4v) is 13.0. The Labute approximate surface area is 277 Å². The number of nitrogens with two attached hydrogens (primary N) is 1. The van der Waals surface area contributed by atoms with Crippen LogP contribution in [0.3, 0.4) is 0 Å². The van der Waals surface area contributed by atoms with Crippen LogP contribution in [-0.4, -0.2) is 83.9 Å². The normalized spacial score (nSPS) is 47.7. The molecule has 46 heavy (non-hydrogen) atoms. The molecule has 0 bridgehead atoms. The number of fused-ring (bicyclic) bond motifs is 4. The number of nitrogens with zero attached hydrogens (tertiary/aromatic N) is 1. The first kappa shape index (κ1) is 33.2. The first-order valence-corrected chi connectivity index (χ1v) is 18.4. The highest BCUT2D eigenvalue weighted by Crippen LogP contribution is 2.87. The van der Waals surface area contributed by atoms with Gasteiger partial charge in [0.25, 0.3) is 0 Å². The van der Waals surface area contributed by atoms with Crippen molar-refractivity contribution in [2.45, 2.75) is 155 Å². The van der Waals surface area contributed by atoms with E-state index in [9.17, 15) is 14.7 Å². The van der Waals surface area contributed by atoms with Crippen molar-refractivity contribution in [2.24, 2.45) is 51.1 Å². The molecule has 0 aromatic rings. The summed E-state index contributed by atoms with van der Waals surface area (Å²) in [6.45, 7) is 16.1. The van der Waals surface area contributed by atoms with Gasteiger partial charge in [-0.2, -0.15) is 0 Å². The summed E-state index contributed by atoms with van der Waals surface area (Å²) in [7, 11) is 0. The van der Waals surface area contributed by atoms with Crippen LogP contribution in [0.5, 0.6) is 0 Å². The molecule has 5 saturated carbocycles. The van der Waals surface area contributed by atoms with Crippen LogP contribution >= 0.6 is 0 Å². The lowest BCUT2D eigenvalue weighted by molar-refractivity contribution is -0.247. The summed E-state index contributed by atoms with van der Waals surface area (Å²) < 4.78 is 25.4. The minimum absolute atomic E-state index is 0.